The maximum atomic E-state index is 6.76. The molecule has 8 N–H and O–H groups in total. The Morgan fingerprint density at radius 3 is 1.33 bits per heavy atom. The molecule has 2 saturated carbocycles. The second-order valence-electron chi connectivity index (χ2n) is 35.3. The van der Waals surface area contributed by atoms with Gasteiger partial charge in [0.15, 0.2) is 22.6 Å². The van der Waals surface area contributed by atoms with E-state index in [2.05, 4.69) is 118 Å². The van der Waals surface area contributed by atoms with Crippen LogP contribution in [-0.4, -0.2) is 146 Å². The van der Waals surface area contributed by atoms with E-state index in [1.54, 1.807) is 53.5 Å². The largest absolute Gasteiger partial charge is 0.376 e. The lowest BCUT2D eigenvalue weighted by Gasteiger charge is -2.42. The van der Waals surface area contributed by atoms with Gasteiger partial charge in [0, 0.05) is 175 Å². The van der Waals surface area contributed by atoms with E-state index in [1.165, 1.54) is 53.5 Å². The highest BCUT2D eigenvalue weighted by atomic mass is 35.5. The number of para-hydroxylation sites is 1. The van der Waals surface area contributed by atoms with Crippen LogP contribution in [0.5, 0.6) is 0 Å². The van der Waals surface area contributed by atoms with Crippen molar-refractivity contribution in [3.05, 3.63) is 230 Å². The zero-order chi connectivity index (χ0) is 86.9. The molecule has 5 aliphatic heterocycles. The second kappa shape index (κ2) is 36.5. The molecule has 0 amide bonds. The molecule has 14 aromatic rings. The van der Waals surface area contributed by atoms with E-state index in [-0.39, 0.29) is 29.0 Å². The van der Waals surface area contributed by atoms with Crippen LogP contribution in [0.25, 0.3) is 33.5 Å². The van der Waals surface area contributed by atoms with E-state index in [0.29, 0.717) is 53.0 Å². The minimum atomic E-state index is 0.0815. The molecule has 7 fully saturated rings. The second-order valence-corrected chi connectivity index (χ2v) is 41.9. The van der Waals surface area contributed by atoms with Gasteiger partial charge in [-0.2, -0.15) is 0 Å². The summed E-state index contributed by atoms with van der Waals surface area (Å²) in [5.74, 6) is 4.51. The number of aryl methyl sites for hydroxylation is 2. The molecule has 5 aromatic carbocycles. The third-order valence-corrected chi connectivity index (χ3v) is 35.5. The zero-order valence-electron chi connectivity index (χ0n) is 70.7. The Bertz CT molecular complexity index is 6200. The van der Waals surface area contributed by atoms with Gasteiger partial charge in [-0.3, -0.25) is 22.6 Å². The Morgan fingerprint density at radius 2 is 0.857 bits per heavy atom. The van der Waals surface area contributed by atoms with Crippen molar-refractivity contribution >= 4 is 174 Å². The minimum Gasteiger partial charge on any atom is -0.376 e. The van der Waals surface area contributed by atoms with Crippen LogP contribution < -0.4 is 42.5 Å². The van der Waals surface area contributed by atoms with E-state index >= 15 is 0 Å². The Labute approximate surface area is 780 Å². The van der Waals surface area contributed by atoms with Crippen molar-refractivity contribution in [3.63, 3.8) is 0 Å². The number of benzene rings is 5. The first kappa shape index (κ1) is 87.5. The van der Waals surface area contributed by atoms with E-state index < -0.39 is 0 Å². The Morgan fingerprint density at radius 1 is 0.413 bits per heavy atom. The van der Waals surface area contributed by atoms with Crippen molar-refractivity contribution in [3.8, 4) is 0 Å². The minimum absolute atomic E-state index is 0.0815. The highest BCUT2D eigenvalue weighted by molar-refractivity contribution is 8.00. The lowest BCUT2D eigenvalue weighted by atomic mass is 9.73. The van der Waals surface area contributed by atoms with Crippen LogP contribution in [-0.2, 0) is 11.2 Å². The first-order chi connectivity index (χ1) is 61.1. The number of imidazole rings is 4. The van der Waals surface area contributed by atoms with E-state index in [1.807, 2.05) is 131 Å². The molecule has 22 nitrogen and oxygen atoms in total. The molecule has 0 unspecified atom stereocenters. The molecule has 5 saturated heterocycles. The van der Waals surface area contributed by atoms with Gasteiger partial charge in [0.05, 0.1) is 79.3 Å². The van der Waals surface area contributed by atoms with Crippen LogP contribution in [0, 0.1) is 41.4 Å². The van der Waals surface area contributed by atoms with Crippen molar-refractivity contribution in [1.29, 1.82) is 0 Å². The number of nitrogens with zero attached hydrogens (tertiary/aromatic N) is 17. The summed E-state index contributed by atoms with van der Waals surface area (Å²) in [4.78, 5) is 60.1. The number of hydrogen-bond donors (Lipinski definition) is 4. The normalized spacial score (nSPS) is 21.6. The number of fused-ring (bicyclic) bond motifs is 6. The SMILES string of the molecule is Cc1nc(N2CCC3(CC2)CO[C@@H](C)[C@H]3N)n2ccnc2c1Sc1cccc(Cl)c1Cl.Cc1nc(N2CCC3(CC2)C[C@@H](C)C[C@H]3N)n2ccnc2c1Sc1cccc(Cl)c1Cl.N[C@@H]1CCCC12CCN(c1ncc(Sc3ccnc4ccccc34)c3nccn13)CC2.N[C@@H]1c2ccccc2CC12CCN(c1ncc(Sc3cccc(Cl)c3Cl)c3nccn13)CC2. The van der Waals surface area contributed by atoms with Crippen LogP contribution in [0.1, 0.15) is 126 Å². The number of pyridine rings is 1. The number of halogens is 6. The molecule has 14 heterocycles. The first-order valence-corrected chi connectivity index (χ1v) is 49.0. The van der Waals surface area contributed by atoms with Gasteiger partial charge in [0.25, 0.3) is 0 Å². The fraction of sp³-hybridized carbons (Fsp3) is 0.394. The van der Waals surface area contributed by atoms with Gasteiger partial charge >= 0.3 is 0 Å². The summed E-state index contributed by atoms with van der Waals surface area (Å²) in [5, 5.41) is 4.44. The quantitative estimate of drug-likeness (QED) is 0.0886. The molecule has 0 bridgehead atoms. The Hall–Kier alpha value is -7.87. The van der Waals surface area contributed by atoms with Crippen LogP contribution >= 0.6 is 117 Å². The van der Waals surface area contributed by atoms with Crippen LogP contribution in [0.4, 0.5) is 23.8 Å². The first-order valence-electron chi connectivity index (χ1n) is 43.5. The predicted molar refractivity (Wildman–Crippen MR) is 513 cm³/mol. The van der Waals surface area contributed by atoms with Gasteiger partial charge in [0.1, 0.15) is 0 Å². The third kappa shape index (κ3) is 16.8. The maximum absolute atomic E-state index is 6.76. The van der Waals surface area contributed by atoms with Gasteiger partial charge in [-0.05, 0) is 186 Å². The standard InChI is InChI=1S/C25H23Cl2N5S.C24H26N6S.C23H27Cl2N5S.C22H25Cl2N5OS/c26-18-6-3-7-19(21(18)27)33-20-15-30-24(32-13-10-29-23(20)32)31-11-8-25(9-12-31)14-16-4-1-2-5-17(16)22(25)28;25-21-6-3-8-24(21)9-13-29(14-10-24)23-28-16-20(22-27-12-15-30(22)23)31-19-7-11-26-18-5-2-1-4-17(18)19;1-14-12-18(26)23(13-14)6-9-29(10-7-23)22-28-15(2)20(21-27-8-11-30(21)22)31-17-5-3-4-16(24)19(17)25;1-13-18(31-16-5-3-4-15(23)17(16)24)20-26-8-11-29(20)21(27-13)28-9-6-22(7-10-28)12-30-14(2)19(22)25/h1-7,10,13,15,22H,8-9,11-12,14,28H2;1-2,4-5,7,11-12,15-16,21H,3,6,8-10,13-14,25H2;3-5,8,11,14,18H,6-7,9-10,12-13,26H2,1-2H3;3-5,8,11,14,19H,6-7,9-10,12,25H2,1-2H3/t22-;21-;14-,18+;14-,19+/m1100/s1. The maximum Gasteiger partial charge on any atom is 0.211 e. The van der Waals surface area contributed by atoms with Crippen molar-refractivity contribution in [2.75, 3.05) is 78.6 Å². The van der Waals surface area contributed by atoms with Crippen molar-refractivity contribution in [1.82, 2.24) is 62.5 Å². The molecular formula is C94H101Cl6N21OS4. The number of hydrogen-bond acceptors (Lipinski definition) is 22. The van der Waals surface area contributed by atoms with Crippen LogP contribution in [0.3, 0.4) is 0 Å². The van der Waals surface area contributed by atoms with Crippen molar-refractivity contribution in [2.24, 2.45) is 50.5 Å². The fourth-order valence-electron chi connectivity index (χ4n) is 20.8. The number of piperidine rings is 4. The molecule has 0 radical (unpaired) electrons. The smallest absolute Gasteiger partial charge is 0.211 e. The van der Waals surface area contributed by atoms with Gasteiger partial charge < -0.3 is 47.3 Å². The lowest BCUT2D eigenvalue weighted by Crippen LogP contribution is -2.51. The summed E-state index contributed by atoms with van der Waals surface area (Å²) in [6.45, 7) is 16.9. The fourth-order valence-corrected chi connectivity index (χ4v) is 26.2. The summed E-state index contributed by atoms with van der Waals surface area (Å²) < 4.78 is 14.2. The Kier molecular flexibility index (Phi) is 25.3. The average molecular weight is 1880 g/mol. The highest BCUT2D eigenvalue weighted by Gasteiger charge is 2.50. The predicted octanol–water partition coefficient (Wildman–Crippen LogP) is 21.2. The topological polar surface area (TPSA) is 260 Å². The number of ether oxygens (including phenoxy) is 1. The lowest BCUT2D eigenvalue weighted by molar-refractivity contribution is 0.0973. The van der Waals surface area contributed by atoms with Gasteiger partial charge in [-0.15, -0.1) is 0 Å². The summed E-state index contributed by atoms with van der Waals surface area (Å²) in [5.41, 5.74) is 36.4. The summed E-state index contributed by atoms with van der Waals surface area (Å²) in [7, 11) is 0. The van der Waals surface area contributed by atoms with E-state index in [4.69, 9.17) is 117 Å². The third-order valence-electron chi connectivity index (χ3n) is 28.1. The van der Waals surface area contributed by atoms with Gasteiger partial charge in [-0.1, -0.05) is 191 Å². The molecule has 6 atom stereocenters. The molecule has 654 valence electrons. The average Bonchev–Trinajstić information content (AvgIpc) is 1.57. The van der Waals surface area contributed by atoms with Crippen LogP contribution in [0.2, 0.25) is 30.1 Å². The number of anilines is 4. The number of aromatic nitrogens is 13. The van der Waals surface area contributed by atoms with Gasteiger partial charge in [-0.25, -0.2) is 39.9 Å². The van der Waals surface area contributed by atoms with Crippen LogP contribution in [0.15, 0.2) is 217 Å². The molecule has 9 aromatic heterocycles. The zero-order valence-corrected chi connectivity index (χ0v) is 78.5. The van der Waals surface area contributed by atoms with E-state index in [9.17, 15) is 0 Å². The monoisotopic (exact) mass is 1880 g/mol. The molecular weight excluding hydrogens is 1780 g/mol. The number of nitrogens with two attached hydrogens (primary N) is 4. The van der Waals surface area contributed by atoms with Crippen molar-refractivity contribution < 1.29 is 4.74 Å². The Balaban J connectivity index is 0.000000110. The summed E-state index contributed by atoms with van der Waals surface area (Å²) in [6, 6.07) is 36.8. The molecule has 32 heteroatoms. The molecule has 22 rings (SSSR count). The molecule has 126 heavy (non-hydrogen) atoms. The van der Waals surface area contributed by atoms with Crippen molar-refractivity contribution in [2.45, 2.75) is 187 Å². The molecule has 3 aliphatic carbocycles. The summed E-state index contributed by atoms with van der Waals surface area (Å²) >= 11 is 44.2. The molecule has 4 spiro atoms. The van der Waals surface area contributed by atoms with Gasteiger partial charge in [0.2, 0.25) is 23.8 Å². The number of rotatable bonds is 12. The molecule has 8 aliphatic rings. The highest BCUT2D eigenvalue weighted by Crippen LogP contribution is 2.54. The summed E-state index contributed by atoms with van der Waals surface area (Å²) in [6.07, 6.45) is 37.1. The van der Waals surface area contributed by atoms with E-state index in [0.717, 1.165) is 232 Å².